The average Bonchev–Trinajstić information content (AvgIpc) is 2.85. The first-order valence-electron chi connectivity index (χ1n) is 6.61. The summed E-state index contributed by atoms with van der Waals surface area (Å²) < 4.78 is 0. The molecule has 0 radical (unpaired) electrons. The lowest BCUT2D eigenvalue weighted by molar-refractivity contribution is -0.384. The molecule has 1 aliphatic rings. The number of hydrogen-bond acceptors (Lipinski definition) is 4. The number of nitro benzene ring substituents is 1. The highest BCUT2D eigenvalue weighted by molar-refractivity contribution is 6.31. The molecule has 0 amide bonds. The Balaban J connectivity index is 1.88. The maximum absolute atomic E-state index is 10.7. The monoisotopic (exact) mass is 303 g/mol. The highest BCUT2D eigenvalue weighted by atomic mass is 35.5. The van der Waals surface area contributed by atoms with E-state index in [-0.39, 0.29) is 5.69 Å². The predicted octanol–water partition coefficient (Wildman–Crippen LogP) is 3.39. The molecule has 0 spiro atoms. The summed E-state index contributed by atoms with van der Waals surface area (Å²) in [5.41, 5.74) is 9.95. The van der Waals surface area contributed by atoms with Crippen molar-refractivity contribution in [3.8, 4) is 0 Å². The lowest BCUT2D eigenvalue weighted by Crippen LogP contribution is -2.20. The largest absolute Gasteiger partial charge is 0.397 e. The Kier molecular flexibility index (Phi) is 3.43. The summed E-state index contributed by atoms with van der Waals surface area (Å²) in [5.74, 6) is 0. The predicted molar refractivity (Wildman–Crippen MR) is 83.7 cm³/mol. The van der Waals surface area contributed by atoms with Gasteiger partial charge in [-0.1, -0.05) is 23.7 Å². The molecular weight excluding hydrogens is 290 g/mol. The van der Waals surface area contributed by atoms with Gasteiger partial charge in [-0.15, -0.1) is 0 Å². The molecule has 0 unspecified atom stereocenters. The summed E-state index contributed by atoms with van der Waals surface area (Å²) in [6, 6.07) is 10.5. The van der Waals surface area contributed by atoms with Crippen LogP contribution in [0, 0.1) is 10.1 Å². The van der Waals surface area contributed by atoms with Crippen LogP contribution in [0.25, 0.3) is 0 Å². The number of nitrogen functional groups attached to an aromatic ring is 1. The lowest BCUT2D eigenvalue weighted by atomic mass is 10.1. The van der Waals surface area contributed by atoms with Crippen LogP contribution in [0.2, 0.25) is 5.02 Å². The van der Waals surface area contributed by atoms with Crippen LogP contribution in [0.5, 0.6) is 0 Å². The number of halogens is 1. The van der Waals surface area contributed by atoms with Gasteiger partial charge >= 0.3 is 0 Å². The quantitative estimate of drug-likeness (QED) is 0.536. The molecule has 5 nitrogen and oxygen atoms in total. The molecule has 3 rings (SSSR count). The van der Waals surface area contributed by atoms with Gasteiger partial charge in [-0.3, -0.25) is 10.1 Å². The Hall–Kier alpha value is -2.27. The number of nitrogens with zero attached hydrogens (tertiary/aromatic N) is 2. The van der Waals surface area contributed by atoms with Gasteiger partial charge in [0.1, 0.15) is 0 Å². The van der Waals surface area contributed by atoms with Gasteiger partial charge in [-0.2, -0.15) is 0 Å². The van der Waals surface area contributed by atoms with E-state index < -0.39 is 4.92 Å². The number of benzene rings is 2. The van der Waals surface area contributed by atoms with E-state index in [9.17, 15) is 10.1 Å². The molecule has 0 aromatic heterocycles. The number of nitrogens with two attached hydrogens (primary N) is 1. The second kappa shape index (κ2) is 5.26. The van der Waals surface area contributed by atoms with E-state index >= 15 is 0 Å². The van der Waals surface area contributed by atoms with E-state index in [1.807, 2.05) is 12.1 Å². The Morgan fingerprint density at radius 2 is 2.14 bits per heavy atom. The summed E-state index contributed by atoms with van der Waals surface area (Å²) in [7, 11) is 0. The fourth-order valence-electron chi connectivity index (χ4n) is 2.71. The van der Waals surface area contributed by atoms with Gasteiger partial charge in [0.05, 0.1) is 21.3 Å². The third kappa shape index (κ3) is 2.52. The summed E-state index contributed by atoms with van der Waals surface area (Å²) in [6.45, 7) is 1.47. The van der Waals surface area contributed by atoms with Crippen molar-refractivity contribution >= 4 is 28.7 Å². The molecule has 108 valence electrons. The van der Waals surface area contributed by atoms with Crippen molar-refractivity contribution in [2.45, 2.75) is 13.0 Å². The van der Waals surface area contributed by atoms with Crippen LogP contribution in [-0.2, 0) is 13.0 Å². The highest BCUT2D eigenvalue weighted by Crippen LogP contribution is 2.35. The molecule has 1 aliphatic heterocycles. The van der Waals surface area contributed by atoms with Crippen LogP contribution in [0.4, 0.5) is 17.1 Å². The Morgan fingerprint density at radius 3 is 2.86 bits per heavy atom. The third-order valence-corrected chi connectivity index (χ3v) is 4.08. The molecule has 2 aromatic carbocycles. The lowest BCUT2D eigenvalue weighted by Gasteiger charge is -2.21. The molecule has 2 aromatic rings. The average molecular weight is 304 g/mol. The number of nitro groups is 1. The maximum atomic E-state index is 10.7. The number of anilines is 2. The zero-order valence-electron chi connectivity index (χ0n) is 11.3. The van der Waals surface area contributed by atoms with E-state index in [4.69, 9.17) is 17.3 Å². The van der Waals surface area contributed by atoms with Gasteiger partial charge in [0.25, 0.3) is 5.69 Å². The van der Waals surface area contributed by atoms with E-state index in [1.165, 1.54) is 17.7 Å². The van der Waals surface area contributed by atoms with Crippen molar-refractivity contribution in [2.24, 2.45) is 0 Å². The molecule has 0 aliphatic carbocycles. The fraction of sp³-hybridized carbons (Fsp3) is 0.200. The number of para-hydroxylation sites is 1. The zero-order chi connectivity index (χ0) is 15.0. The second-order valence-corrected chi connectivity index (χ2v) is 5.47. The Morgan fingerprint density at radius 1 is 1.33 bits per heavy atom. The van der Waals surface area contributed by atoms with Crippen molar-refractivity contribution in [2.75, 3.05) is 17.2 Å². The molecule has 21 heavy (non-hydrogen) atoms. The van der Waals surface area contributed by atoms with Gasteiger partial charge in [0, 0.05) is 25.2 Å². The molecule has 0 saturated carbocycles. The number of hydrogen-bond donors (Lipinski definition) is 1. The van der Waals surface area contributed by atoms with Gasteiger partial charge in [0.2, 0.25) is 0 Å². The molecule has 0 fully saturated rings. The first-order chi connectivity index (χ1) is 10.1. The van der Waals surface area contributed by atoms with Crippen molar-refractivity contribution in [3.05, 3.63) is 62.7 Å². The number of non-ortho nitro benzene ring substituents is 1. The van der Waals surface area contributed by atoms with Crippen LogP contribution in [-0.4, -0.2) is 11.5 Å². The summed E-state index contributed by atoms with van der Waals surface area (Å²) in [6.07, 6.45) is 0.949. The van der Waals surface area contributed by atoms with E-state index in [0.717, 1.165) is 29.9 Å². The summed E-state index contributed by atoms with van der Waals surface area (Å²) >= 11 is 6.16. The maximum Gasteiger partial charge on any atom is 0.270 e. The molecule has 2 N–H and O–H groups in total. The van der Waals surface area contributed by atoms with Crippen molar-refractivity contribution in [3.63, 3.8) is 0 Å². The minimum absolute atomic E-state index is 0.00471. The van der Waals surface area contributed by atoms with E-state index in [2.05, 4.69) is 11.0 Å². The number of rotatable bonds is 3. The molecule has 0 saturated heterocycles. The smallest absolute Gasteiger partial charge is 0.270 e. The third-order valence-electron chi connectivity index (χ3n) is 3.73. The highest BCUT2D eigenvalue weighted by Gasteiger charge is 2.22. The van der Waals surface area contributed by atoms with Gasteiger partial charge in [0.15, 0.2) is 0 Å². The minimum atomic E-state index is -0.446. The van der Waals surface area contributed by atoms with Crippen molar-refractivity contribution in [1.82, 2.24) is 0 Å². The standard InChI is InChI=1S/C15H14ClN3O2/c16-13-8-12(19(20)21)5-4-11(13)9-18-7-6-10-2-1-3-14(17)15(10)18/h1-5,8H,6-7,9,17H2. The van der Waals surface area contributed by atoms with Gasteiger partial charge < -0.3 is 10.6 Å². The second-order valence-electron chi connectivity index (χ2n) is 5.06. The Bertz CT molecular complexity index is 718. The SMILES string of the molecule is Nc1cccc2c1N(Cc1ccc([N+](=O)[O-])cc1Cl)CC2. The Labute approximate surface area is 127 Å². The van der Waals surface area contributed by atoms with Crippen LogP contribution in [0.3, 0.4) is 0 Å². The van der Waals surface area contributed by atoms with E-state index in [0.29, 0.717) is 11.6 Å². The summed E-state index contributed by atoms with van der Waals surface area (Å²) in [4.78, 5) is 12.5. The first-order valence-corrected chi connectivity index (χ1v) is 6.99. The van der Waals surface area contributed by atoms with Crippen LogP contribution < -0.4 is 10.6 Å². The van der Waals surface area contributed by atoms with Crippen LogP contribution in [0.15, 0.2) is 36.4 Å². The molecular formula is C15H14ClN3O2. The van der Waals surface area contributed by atoms with Crippen molar-refractivity contribution in [1.29, 1.82) is 0 Å². The first kappa shape index (κ1) is 13.7. The van der Waals surface area contributed by atoms with Crippen LogP contribution >= 0.6 is 11.6 Å². The topological polar surface area (TPSA) is 72.4 Å². The van der Waals surface area contributed by atoms with Crippen molar-refractivity contribution < 1.29 is 4.92 Å². The molecule has 6 heteroatoms. The molecule has 1 heterocycles. The van der Waals surface area contributed by atoms with Gasteiger partial charge in [-0.25, -0.2) is 0 Å². The fourth-order valence-corrected chi connectivity index (χ4v) is 2.94. The van der Waals surface area contributed by atoms with Crippen LogP contribution in [0.1, 0.15) is 11.1 Å². The zero-order valence-corrected chi connectivity index (χ0v) is 12.0. The summed E-state index contributed by atoms with van der Waals surface area (Å²) in [5, 5.41) is 11.1. The normalized spacial score (nSPS) is 13.3. The molecule has 0 bridgehead atoms. The number of fused-ring (bicyclic) bond motifs is 1. The minimum Gasteiger partial charge on any atom is -0.397 e. The van der Waals surface area contributed by atoms with Gasteiger partial charge in [-0.05, 0) is 29.7 Å². The van der Waals surface area contributed by atoms with E-state index in [1.54, 1.807) is 6.07 Å². The molecule has 0 atom stereocenters.